The van der Waals surface area contributed by atoms with Gasteiger partial charge < -0.3 is 19.7 Å². The van der Waals surface area contributed by atoms with Crippen molar-refractivity contribution in [2.75, 3.05) is 25.5 Å². The number of aliphatic hydroxyl groups is 1. The molecule has 7 heteroatoms. The van der Waals surface area contributed by atoms with Gasteiger partial charge in [-0.25, -0.2) is 0 Å². The lowest BCUT2D eigenvalue weighted by Gasteiger charge is -2.24. The fraction of sp³-hybridized carbons (Fsp3) is 0.440. The van der Waals surface area contributed by atoms with E-state index in [-0.39, 0.29) is 12.2 Å². The van der Waals surface area contributed by atoms with Crippen LogP contribution in [0.15, 0.2) is 40.9 Å². The Morgan fingerprint density at radius 1 is 1.22 bits per heavy atom. The van der Waals surface area contributed by atoms with Crippen LogP contribution in [0.4, 0.5) is 5.69 Å². The second kappa shape index (κ2) is 8.56. The Balaban J connectivity index is 1.43. The van der Waals surface area contributed by atoms with E-state index in [9.17, 15) is 5.11 Å². The average Bonchev–Trinajstić information content (AvgIpc) is 3.52. The van der Waals surface area contributed by atoms with Crippen LogP contribution in [-0.4, -0.2) is 52.5 Å². The molecule has 7 nitrogen and oxygen atoms in total. The first kappa shape index (κ1) is 21.0. The molecule has 1 saturated heterocycles. The van der Waals surface area contributed by atoms with Gasteiger partial charge in [0.1, 0.15) is 5.75 Å². The monoisotopic (exact) mass is 434 g/mol. The maximum absolute atomic E-state index is 9.96. The highest BCUT2D eigenvalue weighted by molar-refractivity contribution is 5.70. The number of ether oxygens (including phenoxy) is 1. The average molecular weight is 435 g/mol. The van der Waals surface area contributed by atoms with E-state index in [4.69, 9.17) is 14.2 Å². The summed E-state index contributed by atoms with van der Waals surface area (Å²) in [6, 6.07) is 12.6. The Morgan fingerprint density at radius 2 is 2.09 bits per heavy atom. The van der Waals surface area contributed by atoms with Gasteiger partial charge in [0.15, 0.2) is 0 Å². The third-order valence-electron chi connectivity index (χ3n) is 6.40. The fourth-order valence-electron chi connectivity index (χ4n) is 4.94. The largest absolute Gasteiger partial charge is 0.489 e. The number of fused-ring (bicyclic) bond motifs is 1. The van der Waals surface area contributed by atoms with E-state index in [1.165, 1.54) is 11.1 Å². The van der Waals surface area contributed by atoms with Gasteiger partial charge in [0.05, 0.1) is 17.9 Å². The molecule has 0 bridgehead atoms. The minimum absolute atomic E-state index is 0.0933. The van der Waals surface area contributed by atoms with Gasteiger partial charge in [0.25, 0.3) is 5.89 Å². The Labute approximate surface area is 188 Å². The number of anilines is 1. The molecule has 2 heterocycles. The third kappa shape index (κ3) is 3.87. The Bertz CT molecular complexity index is 1110. The van der Waals surface area contributed by atoms with Crippen molar-refractivity contribution in [2.24, 2.45) is 0 Å². The first-order chi connectivity index (χ1) is 15.5. The van der Waals surface area contributed by atoms with E-state index in [2.05, 4.69) is 33.6 Å². The van der Waals surface area contributed by atoms with Crippen molar-refractivity contribution in [2.45, 2.75) is 51.4 Å². The number of likely N-dealkylation sites (tertiary alicyclic amines) is 1. The van der Waals surface area contributed by atoms with Crippen LogP contribution in [0.2, 0.25) is 0 Å². The molecule has 1 aromatic heterocycles. The molecule has 5 rings (SSSR count). The highest BCUT2D eigenvalue weighted by atomic mass is 16.5. The molecule has 2 aromatic carbocycles. The zero-order valence-corrected chi connectivity index (χ0v) is 18.8. The van der Waals surface area contributed by atoms with Crippen LogP contribution in [0, 0.1) is 0 Å². The molecule has 0 radical (unpaired) electrons. The number of nitrogens with one attached hydrogen (secondary N) is 1. The smallest absolute Gasteiger partial charge is 0.258 e. The molecular formula is C25H30N4O3. The zero-order chi connectivity index (χ0) is 22.2. The molecule has 32 heavy (non-hydrogen) atoms. The van der Waals surface area contributed by atoms with Crippen molar-refractivity contribution >= 4 is 5.69 Å². The quantitative estimate of drug-likeness (QED) is 0.599. The first-order valence-corrected chi connectivity index (χ1v) is 11.4. The number of benzene rings is 2. The van der Waals surface area contributed by atoms with Crippen molar-refractivity contribution in [1.29, 1.82) is 0 Å². The van der Waals surface area contributed by atoms with Gasteiger partial charge in [0, 0.05) is 37.3 Å². The van der Waals surface area contributed by atoms with E-state index in [1.807, 2.05) is 39.1 Å². The second-order valence-electron chi connectivity index (χ2n) is 8.92. The summed E-state index contributed by atoms with van der Waals surface area (Å²) in [7, 11) is 1.87. The standard InChI is InChI=1S/C25H30N4O3/c1-15(2)31-23-10-7-16(13-21(23)26-3)25-27-24(28-32-25)20-6-4-5-19-18(20)8-9-22(19)29-12-11-17(30)14-29/h4-7,10,13,15,17,22,26,30H,8-9,11-12,14H2,1-3H3. The number of β-amino-alcohol motifs (C(OH)–C–C–N with tert-alkyl or cyclic N) is 1. The summed E-state index contributed by atoms with van der Waals surface area (Å²) in [5.74, 6) is 1.90. The van der Waals surface area contributed by atoms with Crippen molar-refractivity contribution in [3.05, 3.63) is 47.5 Å². The molecule has 2 aliphatic rings. The summed E-state index contributed by atoms with van der Waals surface area (Å²) >= 11 is 0. The van der Waals surface area contributed by atoms with E-state index in [0.717, 1.165) is 54.9 Å². The normalized spacial score (nSPS) is 20.7. The number of nitrogens with zero attached hydrogens (tertiary/aromatic N) is 3. The van der Waals surface area contributed by atoms with Crippen LogP contribution < -0.4 is 10.1 Å². The number of aliphatic hydroxyl groups excluding tert-OH is 1. The van der Waals surface area contributed by atoms with Crippen LogP contribution in [0.5, 0.6) is 5.75 Å². The number of hydrogen-bond donors (Lipinski definition) is 2. The van der Waals surface area contributed by atoms with Crippen molar-refractivity contribution in [3.8, 4) is 28.6 Å². The Hall–Kier alpha value is -2.90. The molecule has 0 spiro atoms. The molecule has 1 aliphatic heterocycles. The summed E-state index contributed by atoms with van der Waals surface area (Å²) in [6.07, 6.45) is 2.79. The van der Waals surface area contributed by atoms with Gasteiger partial charge in [-0.2, -0.15) is 4.98 Å². The maximum Gasteiger partial charge on any atom is 0.258 e. The number of aromatic nitrogens is 2. The highest BCUT2D eigenvalue weighted by Crippen LogP contribution is 2.41. The van der Waals surface area contributed by atoms with Crippen molar-refractivity contribution < 1.29 is 14.4 Å². The van der Waals surface area contributed by atoms with Gasteiger partial charge >= 0.3 is 0 Å². The predicted octanol–water partition coefficient (Wildman–Crippen LogP) is 4.29. The first-order valence-electron chi connectivity index (χ1n) is 11.4. The molecular weight excluding hydrogens is 404 g/mol. The zero-order valence-electron chi connectivity index (χ0n) is 18.8. The van der Waals surface area contributed by atoms with Gasteiger partial charge in [-0.15, -0.1) is 0 Å². The summed E-state index contributed by atoms with van der Waals surface area (Å²) in [6.45, 7) is 5.72. The highest BCUT2D eigenvalue weighted by Gasteiger charge is 2.34. The molecule has 2 atom stereocenters. The molecule has 0 saturated carbocycles. The molecule has 1 aliphatic carbocycles. The SMILES string of the molecule is CNc1cc(-c2nc(-c3cccc4c3CCC4N3CCC(O)C3)no2)ccc1OC(C)C. The van der Waals surface area contributed by atoms with Gasteiger partial charge in [-0.3, -0.25) is 4.90 Å². The summed E-state index contributed by atoms with van der Waals surface area (Å²) in [5, 5.41) is 17.5. The van der Waals surface area contributed by atoms with Gasteiger partial charge in [-0.05, 0) is 62.4 Å². The van der Waals surface area contributed by atoms with E-state index in [0.29, 0.717) is 17.8 Å². The van der Waals surface area contributed by atoms with Crippen LogP contribution >= 0.6 is 0 Å². The van der Waals surface area contributed by atoms with Crippen LogP contribution in [0.25, 0.3) is 22.8 Å². The lowest BCUT2D eigenvalue weighted by atomic mass is 10.0. The predicted molar refractivity (Wildman–Crippen MR) is 124 cm³/mol. The molecule has 3 aromatic rings. The minimum Gasteiger partial charge on any atom is -0.489 e. The molecule has 0 amide bonds. The molecule has 1 fully saturated rings. The second-order valence-corrected chi connectivity index (χ2v) is 8.92. The number of rotatable bonds is 6. The van der Waals surface area contributed by atoms with E-state index < -0.39 is 0 Å². The maximum atomic E-state index is 9.96. The topological polar surface area (TPSA) is 83.7 Å². The molecule has 2 N–H and O–H groups in total. The summed E-state index contributed by atoms with van der Waals surface area (Å²) < 4.78 is 11.5. The van der Waals surface area contributed by atoms with Crippen LogP contribution in [0.3, 0.4) is 0 Å². The van der Waals surface area contributed by atoms with E-state index >= 15 is 0 Å². The lowest BCUT2D eigenvalue weighted by molar-refractivity contribution is 0.159. The molecule has 2 unspecified atom stereocenters. The Kier molecular flexibility index (Phi) is 5.61. The van der Waals surface area contributed by atoms with Crippen LogP contribution in [-0.2, 0) is 6.42 Å². The van der Waals surface area contributed by atoms with Gasteiger partial charge in [-0.1, -0.05) is 23.4 Å². The summed E-state index contributed by atoms with van der Waals surface area (Å²) in [5.41, 5.74) is 5.39. The number of hydrogen-bond acceptors (Lipinski definition) is 7. The fourth-order valence-corrected chi connectivity index (χ4v) is 4.94. The Morgan fingerprint density at radius 3 is 2.84 bits per heavy atom. The van der Waals surface area contributed by atoms with Crippen molar-refractivity contribution in [1.82, 2.24) is 15.0 Å². The minimum atomic E-state index is -0.207. The van der Waals surface area contributed by atoms with Gasteiger partial charge in [0.2, 0.25) is 5.82 Å². The van der Waals surface area contributed by atoms with E-state index in [1.54, 1.807) is 0 Å². The molecule has 168 valence electrons. The van der Waals surface area contributed by atoms with Crippen LogP contribution in [0.1, 0.15) is 43.9 Å². The lowest BCUT2D eigenvalue weighted by Crippen LogP contribution is -2.26. The summed E-state index contributed by atoms with van der Waals surface area (Å²) in [4.78, 5) is 7.13. The van der Waals surface area contributed by atoms with Crippen molar-refractivity contribution in [3.63, 3.8) is 0 Å². The third-order valence-corrected chi connectivity index (χ3v) is 6.40.